The number of halogens is 1. The maximum atomic E-state index is 12.5. The molecule has 1 saturated heterocycles. The summed E-state index contributed by atoms with van der Waals surface area (Å²) in [5.74, 6) is 0.967. The number of alkyl halides is 1. The van der Waals surface area contributed by atoms with Gasteiger partial charge in [0.1, 0.15) is 5.82 Å². The lowest BCUT2D eigenvalue weighted by Crippen LogP contribution is -2.48. The Hall–Kier alpha value is -1.44. The van der Waals surface area contributed by atoms with Crippen LogP contribution in [0, 0.1) is 5.92 Å². The highest BCUT2D eigenvalue weighted by Gasteiger charge is 2.35. The third kappa shape index (κ3) is 5.05. The Morgan fingerprint density at radius 1 is 1.46 bits per heavy atom. The summed E-state index contributed by atoms with van der Waals surface area (Å²) in [4.78, 5) is 6.83. The van der Waals surface area contributed by atoms with Crippen molar-refractivity contribution in [2.45, 2.75) is 45.4 Å². The van der Waals surface area contributed by atoms with Crippen LogP contribution in [-0.4, -0.2) is 58.0 Å². The van der Waals surface area contributed by atoms with Gasteiger partial charge < -0.3 is 14.3 Å². The Morgan fingerprint density at radius 3 is 2.65 bits per heavy atom. The van der Waals surface area contributed by atoms with E-state index in [9.17, 15) is 9.50 Å². The highest BCUT2D eigenvalue weighted by Crippen LogP contribution is 2.25. The summed E-state index contributed by atoms with van der Waals surface area (Å²) in [6.07, 6.45) is 5.56. The van der Waals surface area contributed by atoms with E-state index in [4.69, 9.17) is 4.65 Å². The average molecular weight is 362 g/mol. The van der Waals surface area contributed by atoms with Crippen molar-refractivity contribution < 1.29 is 14.2 Å². The van der Waals surface area contributed by atoms with Crippen LogP contribution in [-0.2, 0) is 18.2 Å². The predicted molar refractivity (Wildman–Crippen MR) is 103 cm³/mol. The zero-order chi connectivity index (χ0) is 19.5. The molecule has 5 nitrogen and oxygen atoms in total. The van der Waals surface area contributed by atoms with E-state index in [2.05, 4.69) is 16.5 Å². The third-order valence-electron chi connectivity index (χ3n) is 5.09. The molecule has 1 fully saturated rings. The molecule has 1 aliphatic rings. The Morgan fingerprint density at radius 2 is 2.12 bits per heavy atom. The minimum atomic E-state index is -0.985. The van der Waals surface area contributed by atoms with Crippen molar-refractivity contribution in [3.63, 3.8) is 0 Å². The van der Waals surface area contributed by atoms with Crippen LogP contribution in [0.2, 0.25) is 0 Å². The van der Waals surface area contributed by atoms with Crippen LogP contribution < -0.4 is 0 Å². The molecular weight excluding hydrogens is 332 g/mol. The SMILES string of the molecule is C=C/C([B]OC(C)(C)C(C)(C)O)=C\c1nc(CN2CC(CF)C2)cn1C. The van der Waals surface area contributed by atoms with Gasteiger partial charge in [-0.15, -0.1) is 0 Å². The molecule has 0 bridgehead atoms. The van der Waals surface area contributed by atoms with E-state index >= 15 is 0 Å². The van der Waals surface area contributed by atoms with Gasteiger partial charge in [-0.3, -0.25) is 9.29 Å². The fourth-order valence-corrected chi connectivity index (χ4v) is 2.54. The minimum absolute atomic E-state index is 0.177. The van der Waals surface area contributed by atoms with Gasteiger partial charge in [0, 0.05) is 38.8 Å². The number of imidazole rings is 1. The Kier molecular flexibility index (Phi) is 6.48. The van der Waals surface area contributed by atoms with Crippen LogP contribution in [0.5, 0.6) is 0 Å². The normalized spacial score (nSPS) is 17.3. The lowest BCUT2D eigenvalue weighted by atomic mass is 9.82. The number of aromatic nitrogens is 2. The molecule has 0 amide bonds. The van der Waals surface area contributed by atoms with Crippen molar-refractivity contribution in [1.82, 2.24) is 14.5 Å². The molecular formula is C19H30BFN3O2. The van der Waals surface area contributed by atoms with Crippen molar-refractivity contribution >= 4 is 13.6 Å². The monoisotopic (exact) mass is 362 g/mol. The van der Waals surface area contributed by atoms with E-state index in [0.29, 0.717) is 0 Å². The largest absolute Gasteiger partial charge is 0.427 e. The second kappa shape index (κ2) is 8.07. The van der Waals surface area contributed by atoms with Crippen molar-refractivity contribution in [2.24, 2.45) is 13.0 Å². The first-order chi connectivity index (χ1) is 12.1. The highest BCUT2D eigenvalue weighted by molar-refractivity contribution is 6.41. The second-order valence-electron chi connectivity index (χ2n) is 8.07. The van der Waals surface area contributed by atoms with E-state index in [1.54, 1.807) is 27.4 Å². The van der Waals surface area contributed by atoms with E-state index in [1.807, 2.05) is 37.7 Å². The zero-order valence-corrected chi connectivity index (χ0v) is 16.5. The molecule has 1 aromatic rings. The molecule has 0 atom stereocenters. The Balaban J connectivity index is 2.01. The van der Waals surface area contributed by atoms with E-state index < -0.39 is 11.2 Å². The van der Waals surface area contributed by atoms with E-state index in [-0.39, 0.29) is 12.6 Å². The number of aliphatic hydroxyl groups is 1. The summed E-state index contributed by atoms with van der Waals surface area (Å²) in [5.41, 5.74) is -0.00559. The van der Waals surface area contributed by atoms with Gasteiger partial charge in [0.25, 0.3) is 0 Å². The van der Waals surface area contributed by atoms with E-state index in [0.717, 1.165) is 36.6 Å². The maximum absolute atomic E-state index is 12.5. The molecule has 0 aromatic carbocycles. The van der Waals surface area contributed by atoms with Gasteiger partial charge in [0.2, 0.25) is 0 Å². The fourth-order valence-electron chi connectivity index (χ4n) is 2.54. The predicted octanol–water partition coefficient (Wildman–Crippen LogP) is 2.53. The molecule has 2 rings (SSSR count). The molecule has 1 radical (unpaired) electrons. The lowest BCUT2D eigenvalue weighted by Gasteiger charge is -2.37. The molecule has 1 N–H and O–H groups in total. The zero-order valence-electron chi connectivity index (χ0n) is 16.5. The molecule has 0 saturated carbocycles. The van der Waals surface area contributed by atoms with Crippen LogP contribution in [0.25, 0.3) is 6.08 Å². The van der Waals surface area contributed by atoms with Gasteiger partial charge in [-0.25, -0.2) is 4.98 Å². The van der Waals surface area contributed by atoms with Crippen LogP contribution in [0.1, 0.15) is 39.2 Å². The van der Waals surface area contributed by atoms with Crippen molar-refractivity contribution in [3.8, 4) is 0 Å². The molecule has 1 aromatic heterocycles. The first-order valence-corrected chi connectivity index (χ1v) is 8.94. The lowest BCUT2D eigenvalue weighted by molar-refractivity contribution is -0.0896. The van der Waals surface area contributed by atoms with Crippen molar-refractivity contribution in [1.29, 1.82) is 0 Å². The van der Waals surface area contributed by atoms with Crippen LogP contribution in [0.15, 0.2) is 24.3 Å². The summed E-state index contributed by atoms with van der Waals surface area (Å²) in [5, 5.41) is 10.2. The number of aryl methyl sites for hydroxylation is 1. The molecule has 2 heterocycles. The number of nitrogens with zero attached hydrogens (tertiary/aromatic N) is 3. The van der Waals surface area contributed by atoms with Gasteiger partial charge in [-0.05, 0) is 33.8 Å². The van der Waals surface area contributed by atoms with E-state index in [1.165, 1.54) is 0 Å². The first-order valence-electron chi connectivity index (χ1n) is 8.94. The number of hydrogen-bond acceptors (Lipinski definition) is 4. The number of allylic oxidation sites excluding steroid dienone is 2. The first kappa shape index (κ1) is 20.9. The fraction of sp³-hybridized carbons (Fsp3) is 0.632. The Bertz CT molecular complexity index is 658. The van der Waals surface area contributed by atoms with Crippen molar-refractivity contribution in [2.75, 3.05) is 19.8 Å². The third-order valence-corrected chi connectivity index (χ3v) is 5.09. The standard InChI is InChI=1S/C19H30BFN3O2/c1-7-15(20-26-19(4,5)18(2,3)25)8-17-22-16(12-23(17)6)13-24-10-14(9-21)11-24/h7-8,12,14,25H,1,9-11,13H2,2-6H3/b15-8+. The van der Waals surface area contributed by atoms with Crippen LogP contribution in [0.4, 0.5) is 4.39 Å². The summed E-state index contributed by atoms with van der Waals surface area (Å²) in [6.45, 7) is 13.0. The van der Waals surface area contributed by atoms with Crippen LogP contribution >= 0.6 is 0 Å². The molecule has 143 valence electrons. The Labute approximate surface area is 156 Å². The van der Waals surface area contributed by atoms with Gasteiger partial charge >= 0.3 is 7.48 Å². The molecule has 0 unspecified atom stereocenters. The topological polar surface area (TPSA) is 50.5 Å². The highest BCUT2D eigenvalue weighted by atomic mass is 19.1. The van der Waals surface area contributed by atoms with Gasteiger partial charge in [0.15, 0.2) is 0 Å². The molecule has 0 aliphatic carbocycles. The van der Waals surface area contributed by atoms with Crippen LogP contribution in [0.3, 0.4) is 0 Å². The number of likely N-dealkylation sites (tertiary alicyclic amines) is 1. The molecule has 7 heteroatoms. The summed E-state index contributed by atoms with van der Waals surface area (Å²) >= 11 is 0. The van der Waals surface area contributed by atoms with Crippen molar-refractivity contribution in [3.05, 3.63) is 35.8 Å². The van der Waals surface area contributed by atoms with Gasteiger partial charge in [-0.1, -0.05) is 18.1 Å². The molecule has 1 aliphatic heterocycles. The average Bonchev–Trinajstić information content (AvgIpc) is 2.85. The van der Waals surface area contributed by atoms with Gasteiger partial charge in [0.05, 0.1) is 23.6 Å². The summed E-state index contributed by atoms with van der Waals surface area (Å²) < 4.78 is 20.3. The summed E-state index contributed by atoms with van der Waals surface area (Å²) in [7, 11) is 3.53. The minimum Gasteiger partial charge on any atom is -0.427 e. The quantitative estimate of drug-likeness (QED) is 0.542. The smallest absolute Gasteiger partial charge is 0.331 e. The summed E-state index contributed by atoms with van der Waals surface area (Å²) in [6, 6.07) is 0. The number of hydrogen-bond donors (Lipinski definition) is 1. The molecule has 0 spiro atoms. The van der Waals surface area contributed by atoms with Gasteiger partial charge in [-0.2, -0.15) is 0 Å². The number of rotatable bonds is 9. The maximum Gasteiger partial charge on any atom is 0.331 e. The molecule has 26 heavy (non-hydrogen) atoms. The second-order valence-corrected chi connectivity index (χ2v) is 8.07.